The van der Waals surface area contributed by atoms with E-state index >= 15 is 0 Å². The highest BCUT2D eigenvalue weighted by Gasteiger charge is 2.48. The number of carbonyl (C=O) groups excluding carboxylic acids is 2. The van der Waals surface area contributed by atoms with Gasteiger partial charge in [-0.15, -0.1) is 0 Å². The van der Waals surface area contributed by atoms with Crippen molar-refractivity contribution in [2.75, 3.05) is 0 Å². The van der Waals surface area contributed by atoms with E-state index in [1.165, 1.54) is 18.2 Å². The van der Waals surface area contributed by atoms with Gasteiger partial charge in [0.25, 0.3) is 11.8 Å². The zero-order chi connectivity index (χ0) is 54.5. The van der Waals surface area contributed by atoms with Crippen LogP contribution >= 0.6 is 0 Å². The van der Waals surface area contributed by atoms with E-state index in [-0.39, 0.29) is 48.5 Å². The van der Waals surface area contributed by atoms with Crippen LogP contribution in [-0.2, 0) is 36.3 Å². The molecule has 3 aromatic heterocycles. The van der Waals surface area contributed by atoms with Gasteiger partial charge in [0.1, 0.15) is 5.75 Å². The molecule has 0 bridgehead atoms. The molecule has 0 fully saturated rings. The zero-order valence-corrected chi connectivity index (χ0v) is 42.2. The molecule has 2 N–H and O–H groups in total. The molecule has 0 unspecified atom stereocenters. The van der Waals surface area contributed by atoms with Crippen molar-refractivity contribution in [2.24, 2.45) is 0 Å². The first-order chi connectivity index (χ1) is 36.2. The smallest absolute Gasteiger partial charge is 0.376 e. The number of rotatable bonds is 15. The molecule has 10 nitrogen and oxygen atoms in total. The Bertz CT molecular complexity index is 3680. The van der Waals surface area contributed by atoms with Crippen molar-refractivity contribution in [1.82, 2.24) is 24.8 Å². The van der Waals surface area contributed by atoms with Crippen LogP contribution in [0, 0.1) is 23.3 Å². The SMILES string of the molecule is CC(C)c1c(C(=O)NCc2ccc(F)c(F)c2)c2ccc(-c3ccncc3)cc2n1Cc1ccccc1.CC(C)c1c(C(=O)NCc2ccc(F)c(F)c2)c2ccc(OS(=O)(=O)C(F)(F)F)cc2n1Cc1ccccc1. The third-order valence-electron chi connectivity index (χ3n) is 12.5. The van der Waals surface area contributed by atoms with Crippen molar-refractivity contribution in [1.29, 1.82) is 0 Å². The van der Waals surface area contributed by atoms with Crippen molar-refractivity contribution < 1.29 is 52.9 Å². The van der Waals surface area contributed by atoms with E-state index in [1.807, 2.05) is 74.5 Å². The van der Waals surface area contributed by atoms with Crippen LogP contribution in [0.4, 0.5) is 30.7 Å². The molecule has 0 radical (unpaired) electrons. The predicted molar refractivity (Wildman–Crippen MR) is 277 cm³/mol. The Morgan fingerprint density at radius 3 is 1.42 bits per heavy atom. The van der Waals surface area contributed by atoms with Gasteiger partial charge in [-0.05, 0) is 99.8 Å². The lowest BCUT2D eigenvalue weighted by molar-refractivity contribution is -0.0500. The summed E-state index contributed by atoms with van der Waals surface area (Å²) < 4.78 is 124. The first-order valence-corrected chi connectivity index (χ1v) is 25.4. The van der Waals surface area contributed by atoms with E-state index < -0.39 is 50.6 Å². The van der Waals surface area contributed by atoms with Gasteiger partial charge in [-0.3, -0.25) is 14.6 Å². The molecule has 9 rings (SSSR count). The number of carbonyl (C=O) groups is 2. The quantitative estimate of drug-likeness (QED) is 0.0599. The molecule has 9 aromatic rings. The Kier molecular flexibility index (Phi) is 16.1. The van der Waals surface area contributed by atoms with Crippen LogP contribution in [0.1, 0.15) is 93.9 Å². The number of benzene rings is 6. The van der Waals surface area contributed by atoms with Crippen LogP contribution in [0.2, 0.25) is 0 Å². The van der Waals surface area contributed by atoms with Crippen LogP contribution in [0.15, 0.2) is 158 Å². The van der Waals surface area contributed by atoms with Gasteiger partial charge in [0, 0.05) is 72.3 Å². The molecule has 18 heteroatoms. The van der Waals surface area contributed by atoms with Crippen LogP contribution < -0.4 is 14.8 Å². The molecule has 0 aliphatic heterocycles. The molecule has 392 valence electrons. The van der Waals surface area contributed by atoms with Gasteiger partial charge in [-0.25, -0.2) is 17.6 Å². The van der Waals surface area contributed by atoms with E-state index in [1.54, 1.807) is 29.1 Å². The number of aromatic nitrogens is 3. The highest BCUT2D eigenvalue weighted by molar-refractivity contribution is 7.88. The Hall–Kier alpha value is -8.25. The molecular formula is C58H50F7N5O5S. The van der Waals surface area contributed by atoms with Gasteiger partial charge >= 0.3 is 15.6 Å². The summed E-state index contributed by atoms with van der Waals surface area (Å²) in [5.74, 6) is -5.51. The van der Waals surface area contributed by atoms with Crippen LogP contribution in [0.3, 0.4) is 0 Å². The summed E-state index contributed by atoms with van der Waals surface area (Å²) in [6, 6.07) is 39.6. The minimum absolute atomic E-state index is 0.0597. The highest BCUT2D eigenvalue weighted by Crippen LogP contribution is 2.38. The van der Waals surface area contributed by atoms with Gasteiger partial charge in [0.15, 0.2) is 23.3 Å². The minimum atomic E-state index is -5.92. The highest BCUT2D eigenvalue weighted by atomic mass is 32.2. The van der Waals surface area contributed by atoms with Crippen molar-refractivity contribution in [3.63, 3.8) is 0 Å². The first kappa shape index (κ1) is 54.0. The minimum Gasteiger partial charge on any atom is -0.376 e. The first-order valence-electron chi connectivity index (χ1n) is 24.0. The molecule has 3 heterocycles. The maximum absolute atomic E-state index is 13.7. The van der Waals surface area contributed by atoms with Gasteiger partial charge in [-0.2, -0.15) is 21.6 Å². The number of hydrogen-bond donors (Lipinski definition) is 2. The van der Waals surface area contributed by atoms with Crippen LogP contribution in [-0.4, -0.2) is 39.9 Å². The molecule has 76 heavy (non-hydrogen) atoms. The summed E-state index contributed by atoms with van der Waals surface area (Å²) >= 11 is 0. The number of fused-ring (bicyclic) bond motifs is 2. The normalized spacial score (nSPS) is 11.8. The van der Waals surface area contributed by atoms with Crippen LogP contribution in [0.25, 0.3) is 32.9 Å². The lowest BCUT2D eigenvalue weighted by Gasteiger charge is -2.16. The second-order valence-electron chi connectivity index (χ2n) is 18.5. The lowest BCUT2D eigenvalue weighted by atomic mass is 10.0. The van der Waals surface area contributed by atoms with Gasteiger partial charge < -0.3 is 24.0 Å². The van der Waals surface area contributed by atoms with E-state index in [2.05, 4.69) is 56.4 Å². The molecule has 0 aliphatic carbocycles. The Morgan fingerprint density at radius 2 is 0.987 bits per heavy atom. The van der Waals surface area contributed by atoms with Crippen molar-refractivity contribution in [3.8, 4) is 16.9 Å². The number of hydrogen-bond acceptors (Lipinski definition) is 6. The third-order valence-corrected chi connectivity index (χ3v) is 13.5. The van der Waals surface area contributed by atoms with E-state index in [4.69, 9.17) is 0 Å². The summed E-state index contributed by atoms with van der Waals surface area (Å²) in [6.07, 6.45) is 3.53. The molecule has 0 aliphatic rings. The number of nitrogens with zero attached hydrogens (tertiary/aromatic N) is 3. The summed E-state index contributed by atoms with van der Waals surface area (Å²) in [7, 11) is -5.92. The fourth-order valence-electron chi connectivity index (χ4n) is 9.06. The van der Waals surface area contributed by atoms with E-state index in [0.717, 1.165) is 75.2 Å². The number of alkyl halides is 3. The van der Waals surface area contributed by atoms with E-state index in [0.29, 0.717) is 34.3 Å². The van der Waals surface area contributed by atoms with Gasteiger partial charge in [-0.1, -0.05) is 113 Å². The Morgan fingerprint density at radius 1 is 0.539 bits per heavy atom. The number of nitrogens with one attached hydrogen (secondary N) is 2. The van der Waals surface area contributed by atoms with Crippen molar-refractivity contribution in [2.45, 2.75) is 71.2 Å². The molecule has 6 aromatic carbocycles. The molecule has 0 saturated heterocycles. The summed E-state index contributed by atoms with van der Waals surface area (Å²) in [5, 5.41) is 6.79. The van der Waals surface area contributed by atoms with E-state index in [9.17, 15) is 48.7 Å². The second-order valence-corrected chi connectivity index (χ2v) is 20.0. The van der Waals surface area contributed by atoms with Crippen molar-refractivity contribution in [3.05, 3.63) is 226 Å². The predicted octanol–water partition coefficient (Wildman–Crippen LogP) is 13.3. The average Bonchev–Trinajstić information content (AvgIpc) is 3.94. The summed E-state index contributed by atoms with van der Waals surface area (Å²) in [6.45, 7) is 8.60. The maximum atomic E-state index is 13.7. The molecule has 0 atom stereocenters. The molecular weight excluding hydrogens is 1010 g/mol. The second kappa shape index (κ2) is 22.7. The fourth-order valence-corrected chi connectivity index (χ4v) is 9.51. The van der Waals surface area contributed by atoms with Gasteiger partial charge in [0.05, 0.1) is 16.6 Å². The maximum Gasteiger partial charge on any atom is 0.534 e. The molecule has 0 saturated carbocycles. The number of halogens is 7. The summed E-state index contributed by atoms with van der Waals surface area (Å²) in [5.41, 5.74) is 2.71. The Labute approximate surface area is 433 Å². The number of pyridine rings is 1. The standard InChI is InChI=1S/C31H27F2N3O.C27H23F5N2O4S/c1-20(2)30-29(31(37)35-18-22-8-11-26(32)27(33)16-22)25-10-9-24(23-12-14-34-15-13-23)17-28(25)36(30)19-21-6-4-3-5-7-21;1-16(2)25-24(26(35)33-14-18-8-11-21(28)22(29)12-18)20-10-9-19(38-39(36,37)27(30,31)32)13-23(20)34(25)15-17-6-4-3-5-7-17/h3-17,20H,18-19H2,1-2H3,(H,35,37);3-13,16H,14-15H2,1-2H3,(H,33,35). The number of amides is 2. The molecule has 0 spiro atoms. The Balaban J connectivity index is 0.000000202. The largest absolute Gasteiger partial charge is 0.534 e. The van der Waals surface area contributed by atoms with Crippen LogP contribution in [0.5, 0.6) is 5.75 Å². The fraction of sp³-hybridized carbons (Fsp3) is 0.190. The van der Waals surface area contributed by atoms with Crippen molar-refractivity contribution >= 4 is 43.7 Å². The zero-order valence-electron chi connectivity index (χ0n) is 41.4. The molecule has 2 amide bonds. The third kappa shape index (κ3) is 12.0. The topological polar surface area (TPSA) is 124 Å². The lowest BCUT2D eigenvalue weighted by Crippen LogP contribution is -2.28. The summed E-state index contributed by atoms with van der Waals surface area (Å²) in [4.78, 5) is 31.2. The average molecular weight is 1060 g/mol. The van der Waals surface area contributed by atoms with Gasteiger partial charge in [0.2, 0.25) is 0 Å². The monoisotopic (exact) mass is 1060 g/mol.